The van der Waals surface area contributed by atoms with Gasteiger partial charge in [-0.3, -0.25) is 0 Å². The van der Waals surface area contributed by atoms with Crippen LogP contribution in [0.15, 0.2) is 23.2 Å². The lowest BCUT2D eigenvalue weighted by Crippen LogP contribution is -2.27. The maximum absolute atomic E-state index is 12.1. The van der Waals surface area contributed by atoms with Crippen LogP contribution in [0.4, 0.5) is 10.5 Å². The predicted molar refractivity (Wildman–Crippen MR) is 85.6 cm³/mol. The van der Waals surface area contributed by atoms with Gasteiger partial charge in [-0.15, -0.1) is 0 Å². The van der Waals surface area contributed by atoms with Crippen LogP contribution in [0.2, 0.25) is 5.02 Å². The van der Waals surface area contributed by atoms with Gasteiger partial charge < -0.3 is 15.0 Å². The van der Waals surface area contributed by atoms with E-state index in [0.717, 1.165) is 31.6 Å². The number of aliphatic imine (C=N–C) groups is 1. The first-order valence-corrected chi connectivity index (χ1v) is 7.41. The molecule has 1 aliphatic rings. The quantitative estimate of drug-likeness (QED) is 0.904. The number of likely N-dealkylation sites (tertiary alicyclic amines) is 1. The van der Waals surface area contributed by atoms with E-state index < -0.39 is 6.03 Å². The molecule has 2 rings (SSSR count). The Balaban J connectivity index is 2.12. The second-order valence-corrected chi connectivity index (χ2v) is 5.47. The number of amidine groups is 1. The van der Waals surface area contributed by atoms with Gasteiger partial charge in [0.1, 0.15) is 11.6 Å². The van der Waals surface area contributed by atoms with Gasteiger partial charge in [0.05, 0.1) is 12.8 Å². The molecule has 21 heavy (non-hydrogen) atoms. The molecule has 1 saturated heterocycles. The van der Waals surface area contributed by atoms with Crippen LogP contribution in [0.5, 0.6) is 5.75 Å². The molecule has 1 fully saturated rings. The first-order chi connectivity index (χ1) is 10.1. The summed E-state index contributed by atoms with van der Waals surface area (Å²) in [5.74, 6) is 1.38. The van der Waals surface area contributed by atoms with Crippen LogP contribution in [-0.2, 0) is 0 Å². The van der Waals surface area contributed by atoms with E-state index in [0.29, 0.717) is 16.5 Å². The van der Waals surface area contributed by atoms with E-state index in [-0.39, 0.29) is 0 Å². The first kappa shape index (κ1) is 15.6. The topological polar surface area (TPSA) is 53.9 Å². The highest BCUT2D eigenvalue weighted by atomic mass is 35.5. The molecule has 0 aliphatic carbocycles. The Bertz CT molecular complexity index is 546. The smallest absolute Gasteiger partial charge is 0.347 e. The van der Waals surface area contributed by atoms with Gasteiger partial charge in [-0.25, -0.2) is 4.79 Å². The van der Waals surface area contributed by atoms with Crippen molar-refractivity contribution in [1.82, 2.24) is 4.90 Å². The molecule has 1 heterocycles. The van der Waals surface area contributed by atoms with Crippen molar-refractivity contribution in [1.29, 1.82) is 0 Å². The van der Waals surface area contributed by atoms with Gasteiger partial charge in [-0.1, -0.05) is 18.0 Å². The fraction of sp³-hybridized carbons (Fsp3) is 0.467. The number of urea groups is 1. The monoisotopic (exact) mass is 309 g/mol. The summed E-state index contributed by atoms with van der Waals surface area (Å²) in [5.41, 5.74) is 0.524. The van der Waals surface area contributed by atoms with Gasteiger partial charge in [-0.05, 0) is 31.0 Å². The second kappa shape index (κ2) is 7.31. The van der Waals surface area contributed by atoms with Crippen molar-refractivity contribution in [3.05, 3.63) is 23.2 Å². The van der Waals surface area contributed by atoms with Crippen LogP contribution < -0.4 is 10.1 Å². The van der Waals surface area contributed by atoms with Crippen molar-refractivity contribution in [2.45, 2.75) is 25.7 Å². The van der Waals surface area contributed by atoms with Crippen LogP contribution in [-0.4, -0.2) is 37.5 Å². The molecular formula is C15H20ClN3O2. The third-order valence-corrected chi connectivity index (χ3v) is 3.70. The minimum atomic E-state index is -0.403. The zero-order valence-electron chi connectivity index (χ0n) is 12.4. The van der Waals surface area contributed by atoms with Gasteiger partial charge in [-0.2, -0.15) is 4.99 Å². The number of rotatable bonds is 2. The van der Waals surface area contributed by atoms with Crippen LogP contribution in [0.1, 0.15) is 25.7 Å². The number of halogens is 1. The lowest BCUT2D eigenvalue weighted by Gasteiger charge is -2.17. The van der Waals surface area contributed by atoms with E-state index >= 15 is 0 Å². The number of nitrogens with one attached hydrogen (secondary N) is 1. The molecule has 0 radical (unpaired) electrons. The molecule has 6 heteroatoms. The summed E-state index contributed by atoms with van der Waals surface area (Å²) < 4.78 is 5.20. The fourth-order valence-electron chi connectivity index (χ4n) is 2.31. The summed E-state index contributed by atoms with van der Waals surface area (Å²) in [6.07, 6.45) is 4.21. The van der Waals surface area contributed by atoms with E-state index in [1.165, 1.54) is 6.42 Å². The number of nitrogens with zero attached hydrogens (tertiary/aromatic N) is 2. The molecule has 1 aromatic carbocycles. The van der Waals surface area contributed by atoms with E-state index in [1.807, 2.05) is 11.9 Å². The molecule has 0 spiro atoms. The molecule has 5 nitrogen and oxygen atoms in total. The Morgan fingerprint density at radius 1 is 1.38 bits per heavy atom. The van der Waals surface area contributed by atoms with E-state index in [4.69, 9.17) is 16.3 Å². The number of carbonyl (C=O) groups is 1. The van der Waals surface area contributed by atoms with E-state index in [9.17, 15) is 4.79 Å². The number of hydrogen-bond donors (Lipinski definition) is 1. The summed E-state index contributed by atoms with van der Waals surface area (Å²) in [5, 5.41) is 3.26. The van der Waals surface area contributed by atoms with Gasteiger partial charge in [0.2, 0.25) is 0 Å². The van der Waals surface area contributed by atoms with E-state index in [1.54, 1.807) is 25.3 Å². The van der Waals surface area contributed by atoms with Crippen molar-refractivity contribution in [2.24, 2.45) is 4.99 Å². The molecule has 1 aliphatic heterocycles. The van der Waals surface area contributed by atoms with Crippen LogP contribution in [0.25, 0.3) is 0 Å². The minimum absolute atomic E-state index is 0.403. The van der Waals surface area contributed by atoms with Gasteiger partial charge in [0, 0.05) is 25.0 Å². The SMILES string of the molecule is COc1ccc(Cl)cc1NC(=O)N=C1CCCCCN1C. The third-order valence-electron chi connectivity index (χ3n) is 3.47. The van der Waals surface area contributed by atoms with Crippen LogP contribution >= 0.6 is 11.6 Å². The fourth-order valence-corrected chi connectivity index (χ4v) is 2.48. The van der Waals surface area contributed by atoms with Crippen LogP contribution in [0.3, 0.4) is 0 Å². The summed E-state index contributed by atoms with van der Waals surface area (Å²) in [6, 6.07) is 4.67. The molecule has 1 aromatic rings. The van der Waals surface area contributed by atoms with Crippen molar-refractivity contribution in [3.8, 4) is 5.75 Å². The number of anilines is 1. The standard InChI is InChI=1S/C15H20ClN3O2/c1-19-9-5-3-4-6-14(19)18-15(20)17-12-10-11(16)7-8-13(12)21-2/h7-8,10H,3-6,9H2,1-2H3,(H,17,20). The predicted octanol–water partition coefficient (Wildman–Crippen LogP) is 3.78. The summed E-state index contributed by atoms with van der Waals surface area (Å²) in [6.45, 7) is 0.937. The summed E-state index contributed by atoms with van der Waals surface area (Å²) in [7, 11) is 3.52. The zero-order chi connectivity index (χ0) is 15.2. The number of ether oxygens (including phenoxy) is 1. The number of carbonyl (C=O) groups excluding carboxylic acids is 1. The van der Waals surface area contributed by atoms with Crippen molar-refractivity contribution in [2.75, 3.05) is 26.0 Å². The Kier molecular flexibility index (Phi) is 5.44. The van der Waals surface area contributed by atoms with Gasteiger partial charge in [0.25, 0.3) is 0 Å². The van der Waals surface area contributed by atoms with E-state index in [2.05, 4.69) is 10.3 Å². The maximum Gasteiger partial charge on any atom is 0.347 e. The largest absolute Gasteiger partial charge is 0.495 e. The van der Waals surface area contributed by atoms with Gasteiger partial charge >= 0.3 is 6.03 Å². The van der Waals surface area contributed by atoms with Crippen molar-refractivity contribution in [3.63, 3.8) is 0 Å². The Morgan fingerprint density at radius 3 is 2.95 bits per heavy atom. The molecule has 0 bridgehead atoms. The molecule has 0 saturated carbocycles. The second-order valence-electron chi connectivity index (χ2n) is 5.04. The third kappa shape index (κ3) is 4.36. The number of methoxy groups -OCH3 is 1. The average molecular weight is 310 g/mol. The lowest BCUT2D eigenvalue weighted by atomic mass is 10.2. The Hall–Kier alpha value is -1.75. The summed E-state index contributed by atoms with van der Waals surface area (Å²) >= 11 is 5.94. The normalized spacial score (nSPS) is 17.5. The zero-order valence-corrected chi connectivity index (χ0v) is 13.1. The number of benzene rings is 1. The molecule has 114 valence electrons. The molecule has 0 aromatic heterocycles. The number of hydrogen-bond acceptors (Lipinski definition) is 2. The molecule has 0 unspecified atom stereocenters. The Labute approximate surface area is 129 Å². The van der Waals surface area contributed by atoms with Crippen molar-refractivity contribution < 1.29 is 9.53 Å². The lowest BCUT2D eigenvalue weighted by molar-refractivity contribution is 0.259. The highest BCUT2D eigenvalue weighted by Gasteiger charge is 2.14. The Morgan fingerprint density at radius 2 is 2.19 bits per heavy atom. The number of amides is 2. The molecule has 2 amide bonds. The highest BCUT2D eigenvalue weighted by Crippen LogP contribution is 2.27. The van der Waals surface area contributed by atoms with Gasteiger partial charge in [0.15, 0.2) is 0 Å². The highest BCUT2D eigenvalue weighted by molar-refractivity contribution is 6.31. The molecule has 0 atom stereocenters. The van der Waals surface area contributed by atoms with Crippen LogP contribution in [0, 0.1) is 0 Å². The summed E-state index contributed by atoms with van der Waals surface area (Å²) in [4.78, 5) is 18.3. The van der Waals surface area contributed by atoms with Crippen molar-refractivity contribution >= 4 is 29.2 Å². The minimum Gasteiger partial charge on any atom is -0.495 e. The maximum atomic E-state index is 12.1. The molecular weight excluding hydrogens is 290 g/mol. The first-order valence-electron chi connectivity index (χ1n) is 7.03. The average Bonchev–Trinajstić information content (AvgIpc) is 2.64. The molecule has 1 N–H and O–H groups in total.